The standard InChI is InChI=1S/C26H45P.C2H6/c1-7-8-11-20(2)12-9-13-21(3)14-10-15-22(4)16-18-25-19-17-23(5)24(6)26(25)27;1-2/h11,13,17,19,22,24,26H,7-10,12,14-16,18,27H2,1-6H3;1-2H3/b20-11+,21-13+;. The van der Waals surface area contributed by atoms with Gasteiger partial charge in [0.05, 0.1) is 0 Å². The lowest BCUT2D eigenvalue weighted by atomic mass is 9.85. The van der Waals surface area contributed by atoms with E-state index < -0.39 is 0 Å². The fraction of sp³-hybridized carbons (Fsp3) is 0.714. The molecule has 0 aromatic carbocycles. The quantitative estimate of drug-likeness (QED) is 0.218. The Hall–Kier alpha value is -0.610. The molecule has 168 valence electrons. The third kappa shape index (κ3) is 12.6. The lowest BCUT2D eigenvalue weighted by Gasteiger charge is -2.27. The summed E-state index contributed by atoms with van der Waals surface area (Å²) < 4.78 is 0. The molecule has 1 aliphatic rings. The second kappa shape index (κ2) is 17.1. The number of hydrogen-bond donors (Lipinski definition) is 0. The van der Waals surface area contributed by atoms with Gasteiger partial charge in [-0.2, -0.15) is 0 Å². The molecule has 0 nitrogen and oxygen atoms in total. The molecule has 1 rings (SSSR count). The zero-order chi connectivity index (χ0) is 22.2. The maximum absolute atomic E-state index is 3.08. The topological polar surface area (TPSA) is 0 Å². The molecule has 4 unspecified atom stereocenters. The molecule has 0 fully saturated rings. The minimum Gasteiger partial charge on any atom is -0.129 e. The van der Waals surface area contributed by atoms with Gasteiger partial charge in [0, 0.05) is 5.66 Å². The Morgan fingerprint density at radius 3 is 2.31 bits per heavy atom. The van der Waals surface area contributed by atoms with Crippen LogP contribution in [-0.2, 0) is 0 Å². The highest BCUT2D eigenvalue weighted by Gasteiger charge is 2.21. The minimum atomic E-state index is 0.641. The van der Waals surface area contributed by atoms with Gasteiger partial charge in [0.15, 0.2) is 0 Å². The fourth-order valence-corrected chi connectivity index (χ4v) is 4.36. The van der Waals surface area contributed by atoms with Gasteiger partial charge in [0.25, 0.3) is 0 Å². The van der Waals surface area contributed by atoms with Crippen LogP contribution in [-0.4, -0.2) is 5.66 Å². The summed E-state index contributed by atoms with van der Waals surface area (Å²) in [5.41, 5.74) is 6.93. The van der Waals surface area contributed by atoms with Crippen LogP contribution in [0.3, 0.4) is 0 Å². The first kappa shape index (κ1) is 28.4. The van der Waals surface area contributed by atoms with E-state index in [2.05, 4.69) is 75.1 Å². The van der Waals surface area contributed by atoms with Crippen LogP contribution in [0.4, 0.5) is 0 Å². The molecule has 0 bridgehead atoms. The highest BCUT2D eigenvalue weighted by atomic mass is 31.0. The second-order valence-corrected chi connectivity index (χ2v) is 9.65. The van der Waals surface area contributed by atoms with E-state index in [9.17, 15) is 0 Å². The molecule has 0 radical (unpaired) electrons. The maximum atomic E-state index is 3.08. The molecule has 1 heteroatoms. The van der Waals surface area contributed by atoms with Crippen molar-refractivity contribution in [1.29, 1.82) is 0 Å². The van der Waals surface area contributed by atoms with Crippen molar-refractivity contribution in [2.45, 2.75) is 119 Å². The zero-order valence-electron chi connectivity index (χ0n) is 21.0. The van der Waals surface area contributed by atoms with E-state index >= 15 is 0 Å². The first-order valence-electron chi connectivity index (χ1n) is 12.3. The number of allylic oxidation sites excluding steroid dienone is 8. The number of unbranched alkanes of at least 4 members (excludes halogenated alkanes) is 1. The molecule has 0 spiro atoms. The largest absolute Gasteiger partial charge is 0.129 e. The third-order valence-electron chi connectivity index (χ3n) is 6.25. The summed E-state index contributed by atoms with van der Waals surface area (Å²) in [7, 11) is 3.08. The second-order valence-electron chi connectivity index (χ2n) is 8.93. The van der Waals surface area contributed by atoms with E-state index in [1.54, 1.807) is 16.7 Å². The molecule has 0 saturated carbocycles. The highest BCUT2D eigenvalue weighted by Crippen LogP contribution is 2.34. The Kier molecular flexibility index (Phi) is 16.7. The van der Waals surface area contributed by atoms with Crippen LogP contribution in [0.15, 0.2) is 46.6 Å². The first-order valence-corrected chi connectivity index (χ1v) is 13.0. The lowest BCUT2D eigenvalue weighted by Crippen LogP contribution is -2.18. The molecule has 0 aromatic heterocycles. The minimum absolute atomic E-state index is 0.641. The van der Waals surface area contributed by atoms with E-state index in [1.165, 1.54) is 63.4 Å². The third-order valence-corrected chi connectivity index (χ3v) is 7.26. The predicted molar refractivity (Wildman–Crippen MR) is 140 cm³/mol. The fourth-order valence-electron chi connectivity index (χ4n) is 3.78. The molecular formula is C28H51P. The van der Waals surface area contributed by atoms with Crippen molar-refractivity contribution in [3.8, 4) is 0 Å². The van der Waals surface area contributed by atoms with Crippen molar-refractivity contribution >= 4 is 9.24 Å². The maximum Gasteiger partial charge on any atom is 0.00101 e. The summed E-state index contributed by atoms with van der Waals surface area (Å²) in [6.45, 7) is 17.9. The summed E-state index contributed by atoms with van der Waals surface area (Å²) in [6.07, 6.45) is 21.1. The molecule has 0 aromatic rings. The molecule has 0 amide bonds. The normalized spacial score (nSPS) is 21.1. The summed E-state index contributed by atoms with van der Waals surface area (Å²) in [5.74, 6) is 1.51. The molecule has 1 aliphatic carbocycles. The number of rotatable bonds is 12. The van der Waals surface area contributed by atoms with Gasteiger partial charge < -0.3 is 0 Å². The molecular weight excluding hydrogens is 367 g/mol. The Balaban J connectivity index is 0.00000379. The summed E-state index contributed by atoms with van der Waals surface area (Å²) in [5, 5.41) is 0. The van der Waals surface area contributed by atoms with Crippen LogP contribution in [0.25, 0.3) is 0 Å². The van der Waals surface area contributed by atoms with Crippen molar-refractivity contribution in [3.63, 3.8) is 0 Å². The van der Waals surface area contributed by atoms with Gasteiger partial charge in [0.2, 0.25) is 0 Å². The van der Waals surface area contributed by atoms with E-state index in [-0.39, 0.29) is 0 Å². The SMILES string of the molecule is CC.CCC/C=C(\C)CC/C=C(\C)CCCC(C)CCC1=CC=C(C)C(C)C1P. The van der Waals surface area contributed by atoms with Gasteiger partial charge >= 0.3 is 0 Å². The van der Waals surface area contributed by atoms with E-state index in [1.807, 2.05) is 13.8 Å². The Morgan fingerprint density at radius 2 is 1.66 bits per heavy atom. The van der Waals surface area contributed by atoms with E-state index in [4.69, 9.17) is 0 Å². The van der Waals surface area contributed by atoms with Crippen LogP contribution in [0.1, 0.15) is 113 Å². The molecule has 29 heavy (non-hydrogen) atoms. The average Bonchev–Trinajstić information content (AvgIpc) is 2.71. The van der Waals surface area contributed by atoms with Gasteiger partial charge in [-0.3, -0.25) is 0 Å². The first-order chi connectivity index (χ1) is 13.8. The van der Waals surface area contributed by atoms with Crippen LogP contribution in [0.5, 0.6) is 0 Å². The van der Waals surface area contributed by atoms with Gasteiger partial charge in [-0.1, -0.05) is 94.1 Å². The molecule has 0 N–H and O–H groups in total. The van der Waals surface area contributed by atoms with Crippen molar-refractivity contribution in [2.24, 2.45) is 11.8 Å². The van der Waals surface area contributed by atoms with Crippen LogP contribution in [0, 0.1) is 11.8 Å². The Labute approximate surface area is 186 Å². The predicted octanol–water partition coefficient (Wildman–Crippen LogP) is 9.84. The van der Waals surface area contributed by atoms with Crippen molar-refractivity contribution < 1.29 is 0 Å². The van der Waals surface area contributed by atoms with Crippen molar-refractivity contribution in [1.82, 2.24) is 0 Å². The van der Waals surface area contributed by atoms with Crippen LogP contribution < -0.4 is 0 Å². The highest BCUT2D eigenvalue weighted by molar-refractivity contribution is 7.18. The van der Waals surface area contributed by atoms with E-state index in [0.29, 0.717) is 11.6 Å². The van der Waals surface area contributed by atoms with Gasteiger partial charge in [-0.25, -0.2) is 0 Å². The van der Waals surface area contributed by atoms with Gasteiger partial charge in [-0.15, -0.1) is 9.24 Å². The van der Waals surface area contributed by atoms with Crippen molar-refractivity contribution in [2.75, 3.05) is 0 Å². The Morgan fingerprint density at radius 1 is 1.03 bits per heavy atom. The summed E-state index contributed by atoms with van der Waals surface area (Å²) in [6, 6.07) is 0. The van der Waals surface area contributed by atoms with Crippen LogP contribution >= 0.6 is 9.24 Å². The van der Waals surface area contributed by atoms with Gasteiger partial charge in [-0.05, 0) is 77.6 Å². The summed E-state index contributed by atoms with van der Waals surface area (Å²) in [4.78, 5) is 0. The summed E-state index contributed by atoms with van der Waals surface area (Å²) >= 11 is 0. The average molecular weight is 419 g/mol. The molecule has 4 atom stereocenters. The van der Waals surface area contributed by atoms with Gasteiger partial charge in [0.1, 0.15) is 0 Å². The Bertz CT molecular complexity index is 547. The lowest BCUT2D eigenvalue weighted by molar-refractivity contribution is 0.467. The molecule has 0 heterocycles. The van der Waals surface area contributed by atoms with Crippen LogP contribution in [0.2, 0.25) is 0 Å². The number of hydrogen-bond acceptors (Lipinski definition) is 0. The van der Waals surface area contributed by atoms with Crippen molar-refractivity contribution in [3.05, 3.63) is 46.6 Å². The smallest absolute Gasteiger partial charge is 0.00101 e. The monoisotopic (exact) mass is 418 g/mol. The zero-order valence-corrected chi connectivity index (χ0v) is 22.1. The molecule has 0 saturated heterocycles. The van der Waals surface area contributed by atoms with E-state index in [0.717, 1.165) is 5.92 Å². The molecule has 0 aliphatic heterocycles.